The largest absolute Gasteiger partial charge is 0.321 e. The normalized spacial score (nSPS) is 10.8. The summed E-state index contributed by atoms with van der Waals surface area (Å²) in [5.41, 5.74) is 2.50. The molecule has 0 atom stereocenters. The van der Waals surface area contributed by atoms with Crippen molar-refractivity contribution < 1.29 is 9.18 Å². The molecule has 1 N–H and O–H groups in total. The first-order valence-corrected chi connectivity index (χ1v) is 7.04. The highest BCUT2D eigenvalue weighted by molar-refractivity contribution is 9.10. The highest BCUT2D eigenvalue weighted by Crippen LogP contribution is 2.21. The van der Waals surface area contributed by atoms with Crippen molar-refractivity contribution in [1.29, 1.82) is 0 Å². The summed E-state index contributed by atoms with van der Waals surface area (Å²) in [6.07, 6.45) is 2.78. The van der Waals surface area contributed by atoms with Gasteiger partial charge in [0.05, 0.1) is 0 Å². The lowest BCUT2D eigenvalue weighted by Crippen LogP contribution is -2.12. The van der Waals surface area contributed by atoms with Crippen molar-refractivity contribution in [2.24, 2.45) is 0 Å². The van der Waals surface area contributed by atoms with Crippen molar-refractivity contribution in [1.82, 2.24) is 9.38 Å². The Kier molecular flexibility index (Phi) is 3.47. The van der Waals surface area contributed by atoms with E-state index in [1.54, 1.807) is 0 Å². The van der Waals surface area contributed by atoms with Gasteiger partial charge in [-0.3, -0.25) is 4.79 Å². The molecule has 0 aliphatic carbocycles. The molecule has 0 aliphatic heterocycles. The van der Waals surface area contributed by atoms with Gasteiger partial charge in [-0.05, 0) is 36.8 Å². The van der Waals surface area contributed by atoms with E-state index in [0.29, 0.717) is 11.3 Å². The van der Waals surface area contributed by atoms with Crippen LogP contribution < -0.4 is 5.32 Å². The van der Waals surface area contributed by atoms with E-state index in [1.165, 1.54) is 28.9 Å². The Morgan fingerprint density at radius 1 is 1.29 bits per heavy atom. The number of aryl methyl sites for hydroxylation is 1. The number of pyridine rings is 1. The number of benzene rings is 1. The average molecular weight is 348 g/mol. The van der Waals surface area contributed by atoms with Crippen molar-refractivity contribution in [2.45, 2.75) is 6.92 Å². The van der Waals surface area contributed by atoms with E-state index >= 15 is 0 Å². The molecule has 1 amide bonds. The summed E-state index contributed by atoms with van der Waals surface area (Å²) < 4.78 is 15.5. The lowest BCUT2D eigenvalue weighted by Gasteiger charge is -2.05. The second kappa shape index (κ2) is 5.29. The fraction of sp³-hybridized carbons (Fsp3) is 0.0667. The Balaban J connectivity index is 1.87. The maximum atomic E-state index is 13.1. The fourth-order valence-electron chi connectivity index (χ4n) is 1.94. The molecule has 1 aromatic carbocycles. The minimum absolute atomic E-state index is 0.234. The van der Waals surface area contributed by atoms with Gasteiger partial charge in [0.2, 0.25) is 0 Å². The van der Waals surface area contributed by atoms with E-state index in [1.807, 2.05) is 25.1 Å². The monoisotopic (exact) mass is 347 g/mol. The van der Waals surface area contributed by atoms with Crippen molar-refractivity contribution in [3.05, 3.63) is 64.3 Å². The number of anilines is 1. The Hall–Kier alpha value is -2.21. The molecule has 0 fully saturated rings. The first kappa shape index (κ1) is 13.8. The van der Waals surface area contributed by atoms with Crippen molar-refractivity contribution in [3.63, 3.8) is 0 Å². The van der Waals surface area contributed by atoms with Crippen molar-refractivity contribution >= 4 is 33.2 Å². The third-order valence-electron chi connectivity index (χ3n) is 3.08. The molecule has 3 rings (SSSR count). The number of fused-ring (bicyclic) bond motifs is 1. The number of hydrogen-bond acceptors (Lipinski definition) is 2. The molecule has 6 heteroatoms. The number of nitrogens with one attached hydrogen (secondary N) is 1. The number of carbonyl (C=O) groups excluding carboxylic acids is 1. The molecular formula is C15H11BrFN3O. The zero-order chi connectivity index (χ0) is 15.0. The van der Waals surface area contributed by atoms with Crippen LogP contribution in [0.3, 0.4) is 0 Å². The summed E-state index contributed by atoms with van der Waals surface area (Å²) >= 11 is 3.42. The molecule has 0 aliphatic rings. The molecule has 3 aromatic rings. The van der Waals surface area contributed by atoms with Gasteiger partial charge in [0, 0.05) is 22.6 Å². The quantitative estimate of drug-likeness (QED) is 0.766. The third-order valence-corrected chi connectivity index (χ3v) is 3.93. The first-order chi connectivity index (χ1) is 10.0. The van der Waals surface area contributed by atoms with Gasteiger partial charge < -0.3 is 9.72 Å². The van der Waals surface area contributed by atoms with Gasteiger partial charge in [-0.25, -0.2) is 9.37 Å². The molecule has 0 spiro atoms. The second-order valence-electron chi connectivity index (χ2n) is 4.66. The lowest BCUT2D eigenvalue weighted by atomic mass is 10.2. The number of halogens is 2. The van der Waals surface area contributed by atoms with Gasteiger partial charge >= 0.3 is 0 Å². The number of imidazole rings is 1. The van der Waals surface area contributed by atoms with E-state index in [4.69, 9.17) is 0 Å². The first-order valence-electron chi connectivity index (χ1n) is 6.25. The SMILES string of the molecule is Cc1ccc(NC(=O)c2cn3cc(F)ccc3n2)cc1Br. The summed E-state index contributed by atoms with van der Waals surface area (Å²) in [6.45, 7) is 1.96. The van der Waals surface area contributed by atoms with Crippen LogP contribution in [0.2, 0.25) is 0 Å². The zero-order valence-corrected chi connectivity index (χ0v) is 12.7. The molecule has 0 saturated carbocycles. The van der Waals surface area contributed by atoms with Crippen LogP contribution in [0.4, 0.5) is 10.1 Å². The van der Waals surface area contributed by atoms with Gasteiger partial charge in [-0.15, -0.1) is 0 Å². The van der Waals surface area contributed by atoms with Crippen LogP contribution in [-0.4, -0.2) is 15.3 Å². The fourth-order valence-corrected chi connectivity index (χ4v) is 2.32. The van der Waals surface area contributed by atoms with Gasteiger partial charge in [0.1, 0.15) is 17.2 Å². The van der Waals surface area contributed by atoms with E-state index in [2.05, 4.69) is 26.2 Å². The molecule has 0 saturated heterocycles. The third kappa shape index (κ3) is 2.80. The minimum atomic E-state index is -0.380. The summed E-state index contributed by atoms with van der Waals surface area (Å²) in [6, 6.07) is 8.37. The van der Waals surface area contributed by atoms with Crippen LogP contribution in [0.25, 0.3) is 5.65 Å². The van der Waals surface area contributed by atoms with Gasteiger partial charge in [0.15, 0.2) is 0 Å². The molecule has 21 heavy (non-hydrogen) atoms. The predicted molar refractivity (Wildman–Crippen MR) is 82.0 cm³/mol. The average Bonchev–Trinajstić information content (AvgIpc) is 2.86. The topological polar surface area (TPSA) is 46.4 Å². The van der Waals surface area contributed by atoms with Crippen LogP contribution in [0, 0.1) is 12.7 Å². The number of carbonyl (C=O) groups is 1. The van der Waals surface area contributed by atoms with Crippen LogP contribution in [-0.2, 0) is 0 Å². The van der Waals surface area contributed by atoms with Gasteiger partial charge in [-0.1, -0.05) is 22.0 Å². The Bertz CT molecular complexity index is 844. The number of aromatic nitrogens is 2. The summed E-state index contributed by atoms with van der Waals surface area (Å²) in [4.78, 5) is 16.3. The van der Waals surface area contributed by atoms with E-state index < -0.39 is 0 Å². The van der Waals surface area contributed by atoms with Gasteiger partial charge in [0.25, 0.3) is 5.91 Å². The smallest absolute Gasteiger partial charge is 0.275 e. The van der Waals surface area contributed by atoms with Gasteiger partial charge in [-0.2, -0.15) is 0 Å². The highest BCUT2D eigenvalue weighted by Gasteiger charge is 2.11. The van der Waals surface area contributed by atoms with E-state index in [0.717, 1.165) is 10.0 Å². The number of nitrogens with zero attached hydrogens (tertiary/aromatic N) is 2. The Morgan fingerprint density at radius 3 is 2.86 bits per heavy atom. The second-order valence-corrected chi connectivity index (χ2v) is 5.51. The summed E-state index contributed by atoms with van der Waals surface area (Å²) in [7, 11) is 0. The molecule has 0 bridgehead atoms. The molecule has 106 valence electrons. The summed E-state index contributed by atoms with van der Waals surface area (Å²) in [5, 5.41) is 2.76. The van der Waals surface area contributed by atoms with Crippen LogP contribution in [0.1, 0.15) is 16.1 Å². The molecule has 4 nitrogen and oxygen atoms in total. The maximum Gasteiger partial charge on any atom is 0.275 e. The zero-order valence-electron chi connectivity index (χ0n) is 11.1. The number of amides is 1. The Morgan fingerprint density at radius 2 is 2.10 bits per heavy atom. The Labute approximate surface area is 128 Å². The molecular weight excluding hydrogens is 337 g/mol. The number of rotatable bonds is 2. The highest BCUT2D eigenvalue weighted by atomic mass is 79.9. The molecule has 2 heterocycles. The predicted octanol–water partition coefficient (Wildman–Crippen LogP) is 3.80. The number of hydrogen-bond donors (Lipinski definition) is 1. The molecule has 0 unspecified atom stereocenters. The van der Waals surface area contributed by atoms with Crippen LogP contribution in [0.15, 0.2) is 47.2 Å². The molecule has 2 aromatic heterocycles. The van der Waals surface area contributed by atoms with E-state index in [9.17, 15) is 9.18 Å². The maximum absolute atomic E-state index is 13.1. The van der Waals surface area contributed by atoms with Crippen LogP contribution >= 0.6 is 15.9 Å². The molecule has 0 radical (unpaired) electrons. The lowest BCUT2D eigenvalue weighted by molar-refractivity contribution is 0.102. The van der Waals surface area contributed by atoms with E-state index in [-0.39, 0.29) is 17.4 Å². The van der Waals surface area contributed by atoms with Crippen molar-refractivity contribution in [3.8, 4) is 0 Å². The van der Waals surface area contributed by atoms with Crippen LogP contribution in [0.5, 0.6) is 0 Å². The standard InChI is InChI=1S/C15H11BrFN3O/c1-9-2-4-11(6-12(9)16)18-15(21)13-8-20-7-10(17)3-5-14(20)19-13/h2-8H,1H3,(H,18,21). The van der Waals surface area contributed by atoms with Crippen molar-refractivity contribution in [2.75, 3.05) is 5.32 Å². The minimum Gasteiger partial charge on any atom is -0.321 e. The summed E-state index contributed by atoms with van der Waals surface area (Å²) in [5.74, 6) is -0.718.